The average Bonchev–Trinajstić information content (AvgIpc) is 3.07. The first-order valence-corrected chi connectivity index (χ1v) is 28.4. The van der Waals surface area contributed by atoms with E-state index in [4.69, 9.17) is 13.3 Å². The van der Waals surface area contributed by atoms with Crippen molar-refractivity contribution in [1.82, 2.24) is 0 Å². The van der Waals surface area contributed by atoms with Crippen LogP contribution < -0.4 is 0 Å². The van der Waals surface area contributed by atoms with Crippen molar-refractivity contribution in [3.05, 3.63) is 0 Å². The first-order chi connectivity index (χ1) is 21.8. The molecule has 0 atom stereocenters. The molecule has 0 aromatic rings. The highest BCUT2D eigenvalue weighted by Gasteiger charge is 2.40. The van der Waals surface area contributed by atoms with E-state index in [0.717, 1.165) is 13.2 Å². The summed E-state index contributed by atoms with van der Waals surface area (Å²) in [7, 11) is -5.53. The van der Waals surface area contributed by atoms with Gasteiger partial charge in [0.15, 0.2) is 25.0 Å². The summed E-state index contributed by atoms with van der Waals surface area (Å²) in [5, 5.41) is 0. The molecule has 0 rings (SSSR count). The minimum absolute atomic E-state index is 0.121. The maximum atomic E-state index is 7.70. The lowest BCUT2D eigenvalue weighted by atomic mass is 10.4. The van der Waals surface area contributed by atoms with Crippen LogP contribution in [-0.4, -0.2) is 44.3 Å². The van der Waals surface area contributed by atoms with Gasteiger partial charge in [-0.2, -0.15) is 0 Å². The summed E-state index contributed by atoms with van der Waals surface area (Å²) in [5.74, 6) is 0. The molecule has 6 heteroatoms. The SMILES string of the molecule is CCCC[Si](CCCC)(CCCC)OCC(CO[Si](CCCC)(CCCC)CCCC)O[Si](CCCC)(CCCC)CCCC. The molecular formula is C39H86O3Si3. The van der Waals surface area contributed by atoms with E-state index in [0.29, 0.717) is 0 Å². The second-order valence-corrected chi connectivity index (χ2v) is 27.3. The maximum Gasteiger partial charge on any atom is 0.193 e. The Bertz CT molecular complexity index is 531. The Balaban J connectivity index is 6.57. The van der Waals surface area contributed by atoms with Gasteiger partial charge in [-0.1, -0.05) is 178 Å². The Kier molecular flexibility index (Phi) is 29.8. The van der Waals surface area contributed by atoms with Gasteiger partial charge in [-0.15, -0.1) is 0 Å². The highest BCUT2D eigenvalue weighted by molar-refractivity contribution is 6.75. The molecule has 0 saturated carbocycles. The van der Waals surface area contributed by atoms with Gasteiger partial charge in [0.2, 0.25) is 0 Å². The summed E-state index contributed by atoms with van der Waals surface area (Å²) in [4.78, 5) is 0. The number of unbranched alkanes of at least 4 members (excludes halogenated alkanes) is 9. The number of hydrogen-bond acceptors (Lipinski definition) is 3. The monoisotopic (exact) mass is 687 g/mol. The first kappa shape index (κ1) is 45.5. The molecule has 0 spiro atoms. The van der Waals surface area contributed by atoms with Gasteiger partial charge in [0.25, 0.3) is 0 Å². The summed E-state index contributed by atoms with van der Waals surface area (Å²) in [5.41, 5.74) is 0. The van der Waals surface area contributed by atoms with Crippen molar-refractivity contribution in [3.63, 3.8) is 0 Å². The Morgan fingerprint density at radius 2 is 0.511 bits per heavy atom. The largest absolute Gasteiger partial charge is 0.414 e. The molecule has 0 aromatic carbocycles. The van der Waals surface area contributed by atoms with E-state index in [-0.39, 0.29) is 6.10 Å². The summed E-state index contributed by atoms with van der Waals surface area (Å²) >= 11 is 0. The predicted molar refractivity (Wildman–Crippen MR) is 211 cm³/mol. The van der Waals surface area contributed by atoms with Crippen molar-refractivity contribution < 1.29 is 13.3 Å². The van der Waals surface area contributed by atoms with E-state index in [1.165, 1.54) is 170 Å². The van der Waals surface area contributed by atoms with Gasteiger partial charge in [0, 0.05) is 0 Å². The van der Waals surface area contributed by atoms with Crippen molar-refractivity contribution in [2.75, 3.05) is 13.2 Å². The van der Waals surface area contributed by atoms with E-state index in [1.807, 2.05) is 0 Å². The Labute approximate surface area is 288 Å². The molecule has 0 unspecified atom stereocenters. The summed E-state index contributed by atoms with van der Waals surface area (Å²) in [6.07, 6.45) is 23.5. The van der Waals surface area contributed by atoms with E-state index < -0.39 is 25.0 Å². The molecular weight excluding hydrogens is 601 g/mol. The fraction of sp³-hybridized carbons (Fsp3) is 1.00. The van der Waals surface area contributed by atoms with Gasteiger partial charge in [-0.3, -0.25) is 0 Å². The molecule has 0 fully saturated rings. The predicted octanol–water partition coefficient (Wildman–Crippen LogP) is 14.4. The lowest BCUT2D eigenvalue weighted by Gasteiger charge is -2.40. The molecule has 0 aliphatic carbocycles. The van der Waals surface area contributed by atoms with Crippen LogP contribution in [0.5, 0.6) is 0 Å². The van der Waals surface area contributed by atoms with Crippen molar-refractivity contribution in [2.24, 2.45) is 0 Å². The van der Waals surface area contributed by atoms with E-state index >= 15 is 0 Å². The molecule has 0 aliphatic rings. The Hall–Kier alpha value is 0.531. The van der Waals surface area contributed by atoms with E-state index in [9.17, 15) is 0 Å². The molecule has 0 saturated heterocycles. The highest BCUT2D eigenvalue weighted by atomic mass is 28.4. The molecule has 0 aliphatic heterocycles. The third-order valence-corrected chi connectivity index (χ3v) is 24.2. The lowest BCUT2D eigenvalue weighted by molar-refractivity contribution is 0.0623. The van der Waals surface area contributed by atoms with Gasteiger partial charge in [0.05, 0.1) is 19.3 Å². The van der Waals surface area contributed by atoms with Gasteiger partial charge in [-0.25, -0.2) is 0 Å². The normalized spacial score (nSPS) is 12.9. The fourth-order valence-corrected chi connectivity index (χ4v) is 21.6. The summed E-state index contributed by atoms with van der Waals surface area (Å²) in [6.45, 7) is 22.9. The smallest absolute Gasteiger partial charge is 0.193 e. The van der Waals surface area contributed by atoms with Crippen LogP contribution in [0.4, 0.5) is 0 Å². The Morgan fingerprint density at radius 3 is 0.711 bits per heavy atom. The fourth-order valence-electron chi connectivity index (χ4n) is 7.23. The molecule has 0 radical (unpaired) electrons. The molecule has 3 nitrogen and oxygen atoms in total. The van der Waals surface area contributed by atoms with Gasteiger partial charge in [-0.05, 0) is 54.4 Å². The summed E-state index contributed by atoms with van der Waals surface area (Å²) < 4.78 is 22.6. The topological polar surface area (TPSA) is 27.7 Å². The molecule has 0 amide bonds. The Morgan fingerprint density at radius 1 is 0.311 bits per heavy atom. The highest BCUT2D eigenvalue weighted by Crippen LogP contribution is 2.35. The van der Waals surface area contributed by atoms with Crippen molar-refractivity contribution >= 4 is 25.0 Å². The van der Waals surface area contributed by atoms with E-state index in [1.54, 1.807) is 0 Å². The van der Waals surface area contributed by atoms with E-state index in [2.05, 4.69) is 62.3 Å². The summed E-state index contributed by atoms with van der Waals surface area (Å²) in [6, 6.07) is 12.0. The van der Waals surface area contributed by atoms with Crippen LogP contribution in [0.3, 0.4) is 0 Å². The van der Waals surface area contributed by atoms with Crippen LogP contribution in [0.1, 0.15) is 178 Å². The molecule has 0 bridgehead atoms. The van der Waals surface area contributed by atoms with Crippen LogP contribution in [0.15, 0.2) is 0 Å². The van der Waals surface area contributed by atoms with Crippen LogP contribution in [-0.2, 0) is 13.3 Å². The lowest BCUT2D eigenvalue weighted by Crippen LogP contribution is -2.49. The third-order valence-electron chi connectivity index (χ3n) is 10.4. The molecule has 0 aromatic heterocycles. The minimum atomic E-state index is -1.90. The third kappa shape index (κ3) is 20.6. The zero-order valence-electron chi connectivity index (χ0n) is 32.8. The van der Waals surface area contributed by atoms with Crippen molar-refractivity contribution in [1.29, 1.82) is 0 Å². The van der Waals surface area contributed by atoms with Gasteiger partial charge >= 0.3 is 0 Å². The van der Waals surface area contributed by atoms with Crippen LogP contribution in [0, 0.1) is 0 Å². The second-order valence-electron chi connectivity index (χ2n) is 14.8. The molecule has 0 heterocycles. The quantitative estimate of drug-likeness (QED) is 0.0621. The molecule has 0 N–H and O–H groups in total. The zero-order valence-corrected chi connectivity index (χ0v) is 35.8. The van der Waals surface area contributed by atoms with Crippen LogP contribution in [0.2, 0.25) is 54.4 Å². The van der Waals surface area contributed by atoms with Crippen molar-refractivity contribution in [3.8, 4) is 0 Å². The zero-order chi connectivity index (χ0) is 33.7. The van der Waals surface area contributed by atoms with Crippen molar-refractivity contribution in [2.45, 2.75) is 238 Å². The van der Waals surface area contributed by atoms with Gasteiger partial charge < -0.3 is 13.3 Å². The average molecular weight is 687 g/mol. The first-order valence-electron chi connectivity index (χ1n) is 20.8. The van der Waals surface area contributed by atoms with Crippen LogP contribution in [0.25, 0.3) is 0 Å². The molecule has 272 valence electrons. The number of rotatable bonds is 35. The van der Waals surface area contributed by atoms with Gasteiger partial charge in [0.1, 0.15) is 0 Å². The standard InChI is InChI=1S/C39H86O3Si3/c1-10-19-28-43(29-20-11-2,30-21-12-3)40-37-39(42-45(34-25-16-7,35-26-17-8)36-27-18-9)38-41-44(31-22-13-4,32-23-14-5)33-24-15-6/h39H,10-38H2,1-9H3. The maximum absolute atomic E-state index is 7.70. The second kappa shape index (κ2) is 29.4. The molecule has 45 heavy (non-hydrogen) atoms. The van der Waals surface area contributed by atoms with Crippen LogP contribution >= 0.6 is 0 Å². The number of hydrogen-bond donors (Lipinski definition) is 0. The minimum Gasteiger partial charge on any atom is -0.414 e.